The number of aliphatic hydroxyl groups excluding tert-OH is 1. The van der Waals surface area contributed by atoms with E-state index in [2.05, 4.69) is 10.2 Å². The first kappa shape index (κ1) is 10.8. The SMILES string of the molecule is OCc1nnc(OCC2CCCCC2)s1. The van der Waals surface area contributed by atoms with Crippen molar-refractivity contribution in [3.8, 4) is 5.19 Å². The maximum atomic E-state index is 8.82. The third kappa shape index (κ3) is 3.14. The van der Waals surface area contributed by atoms with Crippen LogP contribution in [0.2, 0.25) is 0 Å². The van der Waals surface area contributed by atoms with Crippen molar-refractivity contribution in [3.05, 3.63) is 5.01 Å². The molecule has 0 bridgehead atoms. The van der Waals surface area contributed by atoms with E-state index in [0.29, 0.717) is 16.1 Å². The third-order valence-corrected chi connectivity index (χ3v) is 3.57. The van der Waals surface area contributed by atoms with Crippen LogP contribution in [0, 0.1) is 5.92 Å². The maximum Gasteiger partial charge on any atom is 0.294 e. The summed E-state index contributed by atoms with van der Waals surface area (Å²) in [6.07, 6.45) is 6.55. The zero-order valence-electron chi connectivity index (χ0n) is 8.69. The summed E-state index contributed by atoms with van der Waals surface area (Å²) in [5.74, 6) is 0.681. The number of rotatable bonds is 4. The lowest BCUT2D eigenvalue weighted by Gasteiger charge is -2.20. The first-order chi connectivity index (χ1) is 7.38. The second-order valence-corrected chi connectivity index (χ2v) is 4.96. The molecule has 1 aliphatic carbocycles. The van der Waals surface area contributed by atoms with Gasteiger partial charge in [0.05, 0.1) is 13.2 Å². The van der Waals surface area contributed by atoms with E-state index in [1.807, 2.05) is 0 Å². The second kappa shape index (κ2) is 5.42. The molecule has 1 fully saturated rings. The molecule has 1 N–H and O–H groups in total. The van der Waals surface area contributed by atoms with E-state index in [1.54, 1.807) is 0 Å². The average molecular weight is 228 g/mol. The number of aliphatic hydroxyl groups is 1. The van der Waals surface area contributed by atoms with Crippen LogP contribution in [0.3, 0.4) is 0 Å². The molecule has 5 heteroatoms. The van der Waals surface area contributed by atoms with E-state index in [4.69, 9.17) is 9.84 Å². The standard InChI is InChI=1S/C10H16N2O2S/c13-6-9-11-12-10(15-9)14-7-8-4-2-1-3-5-8/h8,13H,1-7H2. The monoisotopic (exact) mass is 228 g/mol. The van der Waals surface area contributed by atoms with Gasteiger partial charge in [-0.15, -0.1) is 5.10 Å². The van der Waals surface area contributed by atoms with Crippen molar-refractivity contribution in [2.24, 2.45) is 5.92 Å². The molecule has 0 radical (unpaired) electrons. The molecule has 0 amide bonds. The molecule has 0 atom stereocenters. The van der Waals surface area contributed by atoms with Gasteiger partial charge in [0, 0.05) is 0 Å². The molecular weight excluding hydrogens is 212 g/mol. The largest absolute Gasteiger partial charge is 0.469 e. The Morgan fingerprint density at radius 1 is 1.27 bits per heavy atom. The molecular formula is C10H16N2O2S. The van der Waals surface area contributed by atoms with Gasteiger partial charge in [0.25, 0.3) is 5.19 Å². The predicted molar refractivity (Wildman–Crippen MR) is 57.9 cm³/mol. The first-order valence-electron chi connectivity index (χ1n) is 5.44. The normalized spacial score (nSPS) is 17.9. The molecule has 0 aliphatic heterocycles. The first-order valence-corrected chi connectivity index (χ1v) is 6.26. The molecule has 0 saturated heterocycles. The fraction of sp³-hybridized carbons (Fsp3) is 0.800. The van der Waals surface area contributed by atoms with Gasteiger partial charge in [-0.25, -0.2) is 0 Å². The summed E-state index contributed by atoms with van der Waals surface area (Å²) in [6.45, 7) is 0.699. The highest BCUT2D eigenvalue weighted by molar-refractivity contribution is 7.13. The molecule has 1 aromatic rings. The van der Waals surface area contributed by atoms with Crippen LogP contribution in [0.1, 0.15) is 37.1 Å². The van der Waals surface area contributed by atoms with Crippen molar-refractivity contribution in [3.63, 3.8) is 0 Å². The van der Waals surface area contributed by atoms with Crippen LogP contribution in [0.4, 0.5) is 0 Å². The smallest absolute Gasteiger partial charge is 0.294 e. The fourth-order valence-corrected chi connectivity index (χ4v) is 2.46. The Morgan fingerprint density at radius 2 is 2.07 bits per heavy atom. The lowest BCUT2D eigenvalue weighted by Crippen LogP contribution is -2.15. The number of ether oxygens (including phenoxy) is 1. The van der Waals surface area contributed by atoms with E-state index in [1.165, 1.54) is 43.4 Å². The Kier molecular flexibility index (Phi) is 3.91. The minimum Gasteiger partial charge on any atom is -0.469 e. The minimum absolute atomic E-state index is 0.0511. The van der Waals surface area contributed by atoms with Gasteiger partial charge in [0.1, 0.15) is 5.01 Å². The maximum absolute atomic E-state index is 8.82. The van der Waals surface area contributed by atoms with E-state index >= 15 is 0 Å². The van der Waals surface area contributed by atoms with E-state index in [0.717, 1.165) is 6.61 Å². The van der Waals surface area contributed by atoms with Gasteiger partial charge in [-0.2, -0.15) is 0 Å². The Morgan fingerprint density at radius 3 is 2.73 bits per heavy atom. The Balaban J connectivity index is 1.76. The number of nitrogens with zero attached hydrogens (tertiary/aromatic N) is 2. The molecule has 0 unspecified atom stereocenters. The summed E-state index contributed by atoms with van der Waals surface area (Å²) in [6, 6.07) is 0. The molecule has 0 aromatic carbocycles. The molecule has 84 valence electrons. The zero-order chi connectivity index (χ0) is 10.5. The van der Waals surface area contributed by atoms with Gasteiger partial charge in [0.15, 0.2) is 0 Å². The summed E-state index contributed by atoms with van der Waals surface area (Å²) < 4.78 is 5.56. The molecule has 2 rings (SSSR count). The van der Waals surface area contributed by atoms with E-state index in [9.17, 15) is 0 Å². The second-order valence-electron chi connectivity index (χ2n) is 3.93. The highest BCUT2D eigenvalue weighted by Gasteiger charge is 2.15. The number of hydrogen-bond acceptors (Lipinski definition) is 5. The van der Waals surface area contributed by atoms with Crippen molar-refractivity contribution in [1.29, 1.82) is 0 Å². The third-order valence-electron chi connectivity index (χ3n) is 2.75. The van der Waals surface area contributed by atoms with Crippen LogP contribution in [0.5, 0.6) is 5.19 Å². The van der Waals surface area contributed by atoms with Crippen LogP contribution >= 0.6 is 11.3 Å². The Hall–Kier alpha value is -0.680. The van der Waals surface area contributed by atoms with Crippen LogP contribution in [-0.4, -0.2) is 21.9 Å². The average Bonchev–Trinajstić information content (AvgIpc) is 2.76. The molecule has 1 saturated carbocycles. The van der Waals surface area contributed by atoms with Crippen LogP contribution in [-0.2, 0) is 6.61 Å². The zero-order valence-corrected chi connectivity index (χ0v) is 9.50. The predicted octanol–water partition coefficient (Wildman–Crippen LogP) is 1.99. The van der Waals surface area contributed by atoms with Crippen molar-refractivity contribution in [2.45, 2.75) is 38.7 Å². The van der Waals surface area contributed by atoms with Crippen molar-refractivity contribution < 1.29 is 9.84 Å². The fourth-order valence-electron chi connectivity index (χ4n) is 1.90. The molecule has 15 heavy (non-hydrogen) atoms. The van der Waals surface area contributed by atoms with Gasteiger partial charge in [-0.05, 0) is 18.8 Å². The van der Waals surface area contributed by atoms with E-state index in [-0.39, 0.29) is 6.61 Å². The lowest BCUT2D eigenvalue weighted by atomic mass is 9.90. The van der Waals surface area contributed by atoms with Gasteiger partial charge >= 0.3 is 0 Å². The van der Waals surface area contributed by atoms with Crippen LogP contribution in [0.15, 0.2) is 0 Å². The van der Waals surface area contributed by atoms with Crippen LogP contribution < -0.4 is 4.74 Å². The van der Waals surface area contributed by atoms with Gasteiger partial charge in [0.2, 0.25) is 0 Å². The van der Waals surface area contributed by atoms with Gasteiger partial charge in [-0.3, -0.25) is 0 Å². The van der Waals surface area contributed by atoms with Crippen molar-refractivity contribution >= 4 is 11.3 Å². The lowest BCUT2D eigenvalue weighted by molar-refractivity contribution is 0.207. The summed E-state index contributed by atoms with van der Waals surface area (Å²) in [5.41, 5.74) is 0. The van der Waals surface area contributed by atoms with Crippen LogP contribution in [0.25, 0.3) is 0 Å². The topological polar surface area (TPSA) is 55.2 Å². The number of hydrogen-bond donors (Lipinski definition) is 1. The summed E-state index contributed by atoms with van der Waals surface area (Å²) >= 11 is 1.33. The molecule has 1 aromatic heterocycles. The Labute approximate surface area is 93.3 Å². The molecule has 0 spiro atoms. The summed E-state index contributed by atoms with van der Waals surface area (Å²) in [7, 11) is 0. The Bertz CT molecular complexity index is 297. The highest BCUT2D eigenvalue weighted by Crippen LogP contribution is 2.25. The van der Waals surface area contributed by atoms with Crippen molar-refractivity contribution in [1.82, 2.24) is 10.2 Å². The number of aromatic nitrogens is 2. The van der Waals surface area contributed by atoms with Gasteiger partial charge < -0.3 is 9.84 Å². The molecule has 1 aliphatic rings. The van der Waals surface area contributed by atoms with Gasteiger partial charge in [-0.1, -0.05) is 35.7 Å². The summed E-state index contributed by atoms with van der Waals surface area (Å²) in [5, 5.41) is 17.7. The molecule has 1 heterocycles. The molecule has 4 nitrogen and oxygen atoms in total. The minimum atomic E-state index is -0.0511. The highest BCUT2D eigenvalue weighted by atomic mass is 32.1. The quantitative estimate of drug-likeness (QED) is 0.856. The van der Waals surface area contributed by atoms with Crippen molar-refractivity contribution in [2.75, 3.05) is 6.61 Å². The summed E-state index contributed by atoms with van der Waals surface area (Å²) in [4.78, 5) is 0. The van der Waals surface area contributed by atoms with E-state index < -0.39 is 0 Å².